The normalized spacial score (nSPS) is 11.6. The fraction of sp³-hybridized carbons (Fsp3) is 0.407. The van der Waals surface area contributed by atoms with E-state index in [-0.39, 0.29) is 11.8 Å². The van der Waals surface area contributed by atoms with Gasteiger partial charge in [-0.3, -0.25) is 4.99 Å². The number of alkyl halides is 3. The van der Waals surface area contributed by atoms with Crippen LogP contribution < -0.4 is 10.1 Å². The maximum atomic E-state index is 11.7. The zero-order valence-electron chi connectivity index (χ0n) is 22.1. The Labute approximate surface area is 228 Å². The van der Waals surface area contributed by atoms with Gasteiger partial charge in [0.25, 0.3) is 0 Å². The van der Waals surface area contributed by atoms with Gasteiger partial charge in [0.05, 0.1) is 18.9 Å². The smallest absolute Gasteiger partial charge is 0.444 e. The fourth-order valence-corrected chi connectivity index (χ4v) is 3.08. The van der Waals surface area contributed by atoms with E-state index in [0.29, 0.717) is 25.4 Å². The van der Waals surface area contributed by atoms with Crippen LogP contribution >= 0.6 is 12.6 Å². The van der Waals surface area contributed by atoms with Crippen LogP contribution in [-0.2, 0) is 16.1 Å². The third-order valence-corrected chi connectivity index (χ3v) is 4.89. The van der Waals surface area contributed by atoms with Crippen molar-refractivity contribution in [2.45, 2.75) is 45.8 Å². The molecule has 0 saturated heterocycles. The van der Waals surface area contributed by atoms with Crippen LogP contribution in [0.2, 0.25) is 0 Å². The van der Waals surface area contributed by atoms with Crippen LogP contribution in [0.1, 0.15) is 32.8 Å². The standard InChI is InChI=1S/C19H30N2O3S.C8H6F3NO/c1-19(2,3)24-18(22)20-11-8-12-21(4)17(15-25)14-23-13-16-9-6-5-7-10-16;1-12-6-2-4-7(5-3-6)13-8(9,10)11/h5-7,9-10,15,25H,8,11-14H2,1-4H3,(H,20,22);2-5H,1H2/b17-15-;. The molecule has 0 saturated carbocycles. The molecule has 2 aromatic rings. The van der Waals surface area contributed by atoms with E-state index in [0.717, 1.165) is 24.2 Å². The van der Waals surface area contributed by atoms with E-state index in [1.165, 1.54) is 24.3 Å². The highest BCUT2D eigenvalue weighted by Gasteiger charge is 2.30. The van der Waals surface area contributed by atoms with Gasteiger partial charge in [-0.15, -0.1) is 25.8 Å². The third kappa shape index (κ3) is 15.8. The number of thiol groups is 1. The van der Waals surface area contributed by atoms with Crippen molar-refractivity contribution in [3.8, 4) is 5.75 Å². The summed E-state index contributed by atoms with van der Waals surface area (Å²) >= 11 is 4.27. The summed E-state index contributed by atoms with van der Waals surface area (Å²) in [6.45, 7) is 11.2. The van der Waals surface area contributed by atoms with E-state index in [4.69, 9.17) is 9.47 Å². The van der Waals surface area contributed by atoms with Crippen molar-refractivity contribution in [1.82, 2.24) is 10.2 Å². The Balaban J connectivity index is 0.000000464. The van der Waals surface area contributed by atoms with Gasteiger partial charge in [0.2, 0.25) is 0 Å². The molecule has 1 amide bonds. The number of alkyl carbamates (subject to hydrolysis) is 1. The number of halogens is 3. The Morgan fingerprint density at radius 2 is 1.74 bits per heavy atom. The van der Waals surface area contributed by atoms with E-state index in [1.54, 1.807) is 5.41 Å². The second-order valence-corrected chi connectivity index (χ2v) is 9.26. The molecule has 0 atom stereocenters. The van der Waals surface area contributed by atoms with E-state index in [1.807, 2.05) is 58.2 Å². The predicted octanol–water partition coefficient (Wildman–Crippen LogP) is 6.74. The van der Waals surface area contributed by atoms with Crippen molar-refractivity contribution in [2.75, 3.05) is 26.7 Å². The molecule has 0 spiro atoms. The molecule has 0 unspecified atom stereocenters. The van der Waals surface area contributed by atoms with Gasteiger partial charge < -0.3 is 24.4 Å². The monoisotopic (exact) mass is 555 g/mol. The highest BCUT2D eigenvalue weighted by molar-refractivity contribution is 7.83. The number of nitrogens with one attached hydrogen (secondary N) is 1. The molecule has 11 heteroatoms. The summed E-state index contributed by atoms with van der Waals surface area (Å²) in [6.07, 6.45) is -4.23. The van der Waals surface area contributed by atoms with Crippen molar-refractivity contribution in [1.29, 1.82) is 0 Å². The number of aliphatic imine (C=N–C) groups is 1. The molecule has 0 fully saturated rings. The van der Waals surface area contributed by atoms with Gasteiger partial charge in [-0.2, -0.15) is 0 Å². The number of hydrogen-bond donors (Lipinski definition) is 2. The number of rotatable bonds is 11. The number of likely N-dealkylation sites (N-methyl/N-ethyl adjacent to an activating group) is 1. The molecule has 0 aliphatic rings. The molecule has 0 aliphatic heterocycles. The molecule has 2 rings (SSSR count). The highest BCUT2D eigenvalue weighted by atomic mass is 32.1. The maximum Gasteiger partial charge on any atom is 0.573 e. The Morgan fingerprint density at radius 1 is 1.11 bits per heavy atom. The lowest BCUT2D eigenvalue weighted by Gasteiger charge is -2.23. The van der Waals surface area contributed by atoms with Crippen molar-refractivity contribution in [2.24, 2.45) is 4.99 Å². The SMILES string of the molecule is C=Nc1ccc(OC(F)(F)F)cc1.CN(CCCNC(=O)OC(C)(C)C)/C(=C\S)COCc1ccccc1. The molecule has 7 nitrogen and oxygen atoms in total. The summed E-state index contributed by atoms with van der Waals surface area (Å²) in [6, 6.07) is 15.2. The average Bonchev–Trinajstić information content (AvgIpc) is 2.84. The minimum atomic E-state index is -4.65. The number of carbonyl (C=O) groups excluding carboxylic acids is 1. The zero-order valence-corrected chi connectivity index (χ0v) is 23.0. The first kappa shape index (κ1) is 32.8. The topological polar surface area (TPSA) is 72.4 Å². The van der Waals surface area contributed by atoms with Crippen LogP contribution in [0.5, 0.6) is 5.75 Å². The van der Waals surface area contributed by atoms with Crippen molar-refractivity contribution < 1.29 is 32.2 Å². The molecule has 1 N–H and O–H groups in total. The van der Waals surface area contributed by atoms with Gasteiger partial charge in [0.15, 0.2) is 0 Å². The quantitative estimate of drug-likeness (QED) is 0.183. The lowest BCUT2D eigenvalue weighted by molar-refractivity contribution is -0.274. The summed E-state index contributed by atoms with van der Waals surface area (Å²) in [5, 5.41) is 4.51. The first-order valence-corrected chi connectivity index (χ1v) is 12.3. The van der Waals surface area contributed by atoms with E-state index < -0.39 is 12.0 Å². The summed E-state index contributed by atoms with van der Waals surface area (Å²) in [4.78, 5) is 17.2. The van der Waals surface area contributed by atoms with Crippen LogP contribution in [0.4, 0.5) is 23.7 Å². The largest absolute Gasteiger partial charge is 0.573 e. The Morgan fingerprint density at radius 3 is 2.26 bits per heavy atom. The molecular weight excluding hydrogens is 519 g/mol. The van der Waals surface area contributed by atoms with Crippen molar-refractivity contribution in [3.05, 3.63) is 71.3 Å². The van der Waals surface area contributed by atoms with Crippen LogP contribution in [0.3, 0.4) is 0 Å². The number of hydrogen-bond acceptors (Lipinski definition) is 7. The molecule has 0 bridgehead atoms. The van der Waals surface area contributed by atoms with Gasteiger partial charge in [-0.1, -0.05) is 30.3 Å². The van der Waals surface area contributed by atoms with Crippen molar-refractivity contribution >= 4 is 31.1 Å². The fourth-order valence-electron chi connectivity index (χ4n) is 2.81. The predicted molar refractivity (Wildman–Crippen MR) is 147 cm³/mol. The first-order valence-electron chi connectivity index (χ1n) is 11.8. The molecule has 2 aromatic carbocycles. The van der Waals surface area contributed by atoms with Gasteiger partial charge in [0.1, 0.15) is 11.4 Å². The van der Waals surface area contributed by atoms with Gasteiger partial charge >= 0.3 is 12.5 Å². The number of nitrogens with zero attached hydrogens (tertiary/aromatic N) is 2. The van der Waals surface area contributed by atoms with E-state index >= 15 is 0 Å². The Hall–Kier alpha value is -3.18. The van der Waals surface area contributed by atoms with Crippen LogP contribution in [0, 0.1) is 0 Å². The summed E-state index contributed by atoms with van der Waals surface area (Å²) < 4.78 is 49.6. The second kappa shape index (κ2) is 16.6. The van der Waals surface area contributed by atoms with Crippen LogP contribution in [-0.4, -0.2) is 56.4 Å². The molecule has 0 radical (unpaired) electrons. The summed E-state index contributed by atoms with van der Waals surface area (Å²) in [5.41, 5.74) is 2.16. The lowest BCUT2D eigenvalue weighted by atomic mass is 10.2. The Kier molecular flexibility index (Phi) is 14.4. The maximum absolute atomic E-state index is 11.7. The van der Waals surface area contributed by atoms with Crippen LogP contribution in [0.25, 0.3) is 0 Å². The van der Waals surface area contributed by atoms with E-state index in [2.05, 4.69) is 39.3 Å². The lowest BCUT2D eigenvalue weighted by Crippen LogP contribution is -2.34. The summed E-state index contributed by atoms with van der Waals surface area (Å²) in [5.74, 6) is -0.264. The second-order valence-electron chi connectivity index (χ2n) is 9.00. The summed E-state index contributed by atoms with van der Waals surface area (Å²) in [7, 11) is 1.99. The number of amides is 1. The molecule has 0 aliphatic carbocycles. The highest BCUT2D eigenvalue weighted by Crippen LogP contribution is 2.24. The minimum Gasteiger partial charge on any atom is -0.444 e. The minimum absolute atomic E-state index is 0.264. The third-order valence-electron chi connectivity index (χ3n) is 4.59. The van der Waals surface area contributed by atoms with Crippen molar-refractivity contribution in [3.63, 3.8) is 0 Å². The van der Waals surface area contributed by atoms with Crippen LogP contribution in [0.15, 0.2) is 70.7 Å². The molecule has 0 heterocycles. The zero-order chi connectivity index (χ0) is 28.6. The average molecular weight is 556 g/mol. The van der Waals surface area contributed by atoms with Gasteiger partial charge in [-0.05, 0) is 69.1 Å². The van der Waals surface area contributed by atoms with Gasteiger partial charge in [0, 0.05) is 25.8 Å². The number of ether oxygens (including phenoxy) is 3. The first-order chi connectivity index (χ1) is 17.8. The van der Waals surface area contributed by atoms with Gasteiger partial charge in [-0.25, -0.2) is 4.79 Å². The van der Waals surface area contributed by atoms with E-state index in [9.17, 15) is 18.0 Å². The Bertz CT molecular complexity index is 995. The number of carbonyl (C=O) groups is 1. The molecule has 0 aromatic heterocycles. The molecule has 38 heavy (non-hydrogen) atoms. The molecular formula is C27H36F3N3O4S. The molecule has 210 valence electrons. The number of benzene rings is 2.